The molecule has 0 aliphatic heterocycles. The fraction of sp³-hybridized carbons (Fsp3) is 0.923. The minimum atomic E-state index is 0.688. The van der Waals surface area contributed by atoms with Crippen LogP contribution < -0.4 is 0 Å². The average Bonchev–Trinajstić information content (AvgIpc) is 1.71. The van der Waals surface area contributed by atoms with Gasteiger partial charge in [-0.2, -0.15) is 0 Å². The Morgan fingerprint density at radius 3 is 1.23 bits per heavy atom. The van der Waals surface area contributed by atoms with Gasteiger partial charge in [-0.1, -0.05) is 20.8 Å². The summed E-state index contributed by atoms with van der Waals surface area (Å²) in [5, 5.41) is 0. The molecule has 4 rings (SSSR count). The van der Waals surface area contributed by atoms with Gasteiger partial charge in [0.05, 0.1) is 25.2 Å². The third-order valence-corrected chi connectivity index (χ3v) is 4.59. The van der Waals surface area contributed by atoms with Crippen molar-refractivity contribution < 1.29 is 0 Å². The molecule has 4 fully saturated rings. The first-order valence-corrected chi connectivity index (χ1v) is 5.74. The van der Waals surface area contributed by atoms with Crippen LogP contribution in [-0.2, 0) is 0 Å². The van der Waals surface area contributed by atoms with Crippen molar-refractivity contribution in [2.24, 2.45) is 16.2 Å². The second-order valence-corrected chi connectivity index (χ2v) is 7.24. The number of rotatable bonds is 0. The fourth-order valence-corrected chi connectivity index (χ4v) is 5.65. The van der Waals surface area contributed by atoms with E-state index in [1.54, 1.807) is 0 Å². The smallest absolute Gasteiger partial charge is 0.0555 e. The average molecular weight is 177 g/mol. The Morgan fingerprint density at radius 2 is 1.00 bits per heavy atom. The lowest BCUT2D eigenvalue weighted by molar-refractivity contribution is -0.0861. The molecule has 4 bridgehead atoms. The Labute approximate surface area is 82.1 Å². The van der Waals surface area contributed by atoms with Gasteiger partial charge in [-0.25, -0.2) is 0 Å². The van der Waals surface area contributed by atoms with Crippen LogP contribution in [0.15, 0.2) is 0 Å². The summed E-state index contributed by atoms with van der Waals surface area (Å²) in [6.45, 7) is 7.59. The summed E-state index contributed by atoms with van der Waals surface area (Å²) >= 11 is 0. The predicted molar refractivity (Wildman–Crippen MR) is 55.3 cm³/mol. The second kappa shape index (κ2) is 1.94. The van der Waals surface area contributed by atoms with Gasteiger partial charge in [-0.3, -0.25) is 0 Å². The minimum Gasteiger partial charge on any atom is -0.0555 e. The third-order valence-electron chi connectivity index (χ3n) is 4.59. The Bertz CT molecular complexity index is 202. The molecule has 0 aromatic rings. The molecule has 13 heavy (non-hydrogen) atoms. The van der Waals surface area contributed by atoms with E-state index in [0.29, 0.717) is 16.2 Å². The summed E-state index contributed by atoms with van der Waals surface area (Å²) < 4.78 is 0. The quantitative estimate of drug-likeness (QED) is 0.491. The maximum absolute atomic E-state index is 2.53. The normalized spacial score (nSPS) is 58.8. The van der Waals surface area contributed by atoms with Crippen LogP contribution in [-0.4, -0.2) is 0 Å². The van der Waals surface area contributed by atoms with E-state index in [9.17, 15) is 0 Å². The first-order chi connectivity index (χ1) is 5.91. The molecular formula is C13H21+. The van der Waals surface area contributed by atoms with Gasteiger partial charge in [0.15, 0.2) is 0 Å². The van der Waals surface area contributed by atoms with Crippen molar-refractivity contribution in [2.75, 3.05) is 0 Å². The van der Waals surface area contributed by atoms with E-state index in [1.807, 2.05) is 5.92 Å². The van der Waals surface area contributed by atoms with E-state index in [0.717, 1.165) is 0 Å². The summed E-state index contributed by atoms with van der Waals surface area (Å²) in [5.41, 5.74) is 2.06. The highest BCUT2D eigenvalue weighted by atomic mass is 14.6. The van der Waals surface area contributed by atoms with E-state index in [1.165, 1.54) is 38.5 Å². The molecule has 0 heteroatoms. The van der Waals surface area contributed by atoms with Crippen LogP contribution in [0.1, 0.15) is 59.3 Å². The molecule has 0 unspecified atom stereocenters. The van der Waals surface area contributed by atoms with Gasteiger partial charge in [-0.15, -0.1) is 0 Å². The highest BCUT2D eigenvalue weighted by molar-refractivity contribution is 5.19. The van der Waals surface area contributed by atoms with Crippen LogP contribution >= 0.6 is 0 Å². The zero-order chi connectivity index (χ0) is 9.32. The van der Waals surface area contributed by atoms with Crippen LogP contribution in [0.3, 0.4) is 0 Å². The topological polar surface area (TPSA) is 0 Å². The first-order valence-electron chi connectivity index (χ1n) is 5.74. The Kier molecular flexibility index (Phi) is 1.23. The van der Waals surface area contributed by atoms with Crippen molar-refractivity contribution in [1.82, 2.24) is 0 Å². The van der Waals surface area contributed by atoms with Crippen molar-refractivity contribution in [3.05, 3.63) is 5.92 Å². The zero-order valence-electron chi connectivity index (χ0n) is 9.24. The van der Waals surface area contributed by atoms with Crippen LogP contribution in [0, 0.1) is 22.2 Å². The van der Waals surface area contributed by atoms with Gasteiger partial charge in [-0.05, 0) is 19.3 Å². The van der Waals surface area contributed by atoms with Gasteiger partial charge in [0.1, 0.15) is 0 Å². The monoisotopic (exact) mass is 177 g/mol. The molecule has 4 saturated carbocycles. The van der Waals surface area contributed by atoms with E-state index in [-0.39, 0.29) is 0 Å². The zero-order valence-corrected chi connectivity index (χ0v) is 9.24. The van der Waals surface area contributed by atoms with E-state index < -0.39 is 0 Å². The summed E-state index contributed by atoms with van der Waals surface area (Å²) in [7, 11) is 0. The Hall–Kier alpha value is -0.130. The molecule has 72 valence electrons. The largest absolute Gasteiger partial charge is 0.0954 e. The molecule has 4 aliphatic rings. The molecule has 0 aromatic carbocycles. The molecule has 0 saturated heterocycles. The maximum Gasteiger partial charge on any atom is 0.0954 e. The summed E-state index contributed by atoms with van der Waals surface area (Å²) in [4.78, 5) is 0. The van der Waals surface area contributed by atoms with Crippen molar-refractivity contribution in [3.63, 3.8) is 0 Å². The van der Waals surface area contributed by atoms with Gasteiger partial charge >= 0.3 is 0 Å². The molecule has 0 atom stereocenters. The Balaban J connectivity index is 2.03. The molecular weight excluding hydrogens is 156 g/mol. The summed E-state index contributed by atoms with van der Waals surface area (Å²) in [5.74, 6) is 1.90. The maximum atomic E-state index is 2.53. The highest BCUT2D eigenvalue weighted by Crippen LogP contribution is 2.69. The van der Waals surface area contributed by atoms with Crippen molar-refractivity contribution in [3.8, 4) is 0 Å². The van der Waals surface area contributed by atoms with Gasteiger partial charge < -0.3 is 0 Å². The van der Waals surface area contributed by atoms with Gasteiger partial charge in [0, 0.05) is 16.2 Å². The summed E-state index contributed by atoms with van der Waals surface area (Å²) in [6, 6.07) is 0. The van der Waals surface area contributed by atoms with E-state index >= 15 is 0 Å². The fourth-order valence-electron chi connectivity index (χ4n) is 5.65. The summed E-state index contributed by atoms with van der Waals surface area (Å²) in [6.07, 6.45) is 8.87. The second-order valence-electron chi connectivity index (χ2n) is 7.24. The predicted octanol–water partition coefficient (Wildman–Crippen LogP) is 3.96. The van der Waals surface area contributed by atoms with Crippen molar-refractivity contribution in [2.45, 2.75) is 59.3 Å². The van der Waals surface area contributed by atoms with E-state index in [2.05, 4.69) is 20.8 Å². The number of hydrogen-bond acceptors (Lipinski definition) is 0. The third kappa shape index (κ3) is 1.07. The highest BCUT2D eigenvalue weighted by Gasteiger charge is 2.64. The van der Waals surface area contributed by atoms with Crippen LogP contribution in [0.25, 0.3) is 0 Å². The lowest BCUT2D eigenvalue weighted by atomic mass is 9.41. The van der Waals surface area contributed by atoms with Crippen molar-refractivity contribution in [1.29, 1.82) is 0 Å². The molecule has 0 nitrogen and oxygen atoms in total. The van der Waals surface area contributed by atoms with Crippen LogP contribution in [0.5, 0.6) is 0 Å². The van der Waals surface area contributed by atoms with Gasteiger partial charge in [0.25, 0.3) is 0 Å². The number of hydrogen-bond donors (Lipinski definition) is 0. The minimum absolute atomic E-state index is 0.688. The van der Waals surface area contributed by atoms with Crippen molar-refractivity contribution >= 4 is 0 Å². The Morgan fingerprint density at radius 1 is 0.692 bits per heavy atom. The molecule has 0 aromatic heterocycles. The molecule has 0 amide bonds. The lowest BCUT2D eigenvalue weighted by Crippen LogP contribution is -2.53. The van der Waals surface area contributed by atoms with E-state index in [4.69, 9.17) is 0 Å². The van der Waals surface area contributed by atoms with Crippen LogP contribution in [0.4, 0.5) is 0 Å². The lowest BCUT2D eigenvalue weighted by Gasteiger charge is -2.59. The van der Waals surface area contributed by atoms with Crippen LogP contribution in [0.2, 0.25) is 0 Å². The molecule has 0 radical (unpaired) electrons. The molecule has 0 heterocycles. The molecule has 4 aliphatic carbocycles. The molecule has 0 spiro atoms. The molecule has 0 N–H and O–H groups in total. The first kappa shape index (κ1) is 8.20. The standard InChI is InChI=1S/C13H21/c1-11-4-10-5-12(2,7-11)9-13(3,6-10)8-11/h4-9H2,1-3H3/q+1. The van der Waals surface area contributed by atoms with Gasteiger partial charge in [0.2, 0.25) is 0 Å². The SMILES string of the molecule is CC12C[C+]3CC(C)(C1)CC(C)(C3)C2.